The van der Waals surface area contributed by atoms with E-state index in [4.69, 9.17) is 5.73 Å². The topological polar surface area (TPSA) is 61.9 Å². The Morgan fingerprint density at radius 1 is 1.46 bits per heavy atom. The van der Waals surface area contributed by atoms with E-state index in [0.717, 1.165) is 23.4 Å². The molecule has 5 heteroatoms. The van der Waals surface area contributed by atoms with Crippen LogP contribution in [0.15, 0.2) is 53.4 Å². The molecule has 0 unspecified atom stereocenters. The van der Waals surface area contributed by atoms with E-state index in [1.807, 2.05) is 45.0 Å². The van der Waals surface area contributed by atoms with Crippen molar-refractivity contribution in [3.63, 3.8) is 0 Å². The lowest BCUT2D eigenvalue weighted by Crippen LogP contribution is -2.40. The third-order valence-corrected chi connectivity index (χ3v) is 3.78. The largest absolute Gasteiger partial charge is 0.320 e. The van der Waals surface area contributed by atoms with Gasteiger partial charge in [-0.15, -0.1) is 0 Å². The van der Waals surface area contributed by atoms with Gasteiger partial charge in [0.15, 0.2) is 0 Å². The van der Waals surface area contributed by atoms with Crippen molar-refractivity contribution in [3.8, 4) is 0 Å². The fraction of sp³-hybridized carbons (Fsp3) is 0.368. The van der Waals surface area contributed by atoms with Crippen molar-refractivity contribution in [2.75, 3.05) is 12.1 Å². The zero-order valence-corrected chi connectivity index (χ0v) is 15.1. The van der Waals surface area contributed by atoms with Crippen molar-refractivity contribution in [1.29, 1.82) is 0 Å². The second-order valence-corrected chi connectivity index (χ2v) is 5.86. The zero-order valence-electron chi connectivity index (χ0n) is 15.1. The van der Waals surface area contributed by atoms with Gasteiger partial charge < -0.3 is 10.6 Å². The monoisotopic (exact) mass is 328 g/mol. The molecule has 0 aliphatic carbocycles. The first-order valence-electron chi connectivity index (χ1n) is 8.05. The molecular formula is C19H28N4O. The molecule has 0 heterocycles. The molecule has 1 atom stereocenters. The van der Waals surface area contributed by atoms with Gasteiger partial charge in [0.1, 0.15) is 0 Å². The average Bonchev–Trinajstić information content (AvgIpc) is 2.54. The number of carbonyl (C=O) groups is 1. The maximum absolute atomic E-state index is 12.3. The number of rotatable bonds is 8. The van der Waals surface area contributed by atoms with E-state index in [9.17, 15) is 4.79 Å². The lowest BCUT2D eigenvalue weighted by molar-refractivity contribution is -0.129. The van der Waals surface area contributed by atoms with Crippen LogP contribution in [-0.4, -0.2) is 30.6 Å². The Bertz CT molecular complexity index is 636. The van der Waals surface area contributed by atoms with Crippen LogP contribution in [0, 0.1) is 6.92 Å². The Balaban J connectivity index is 2.94. The van der Waals surface area contributed by atoms with Crippen molar-refractivity contribution in [3.05, 3.63) is 53.9 Å². The number of nitrogens with zero attached hydrogens (tertiary/aromatic N) is 3. The van der Waals surface area contributed by atoms with Gasteiger partial charge in [-0.3, -0.25) is 4.79 Å². The number of benzene rings is 1. The van der Waals surface area contributed by atoms with Crippen LogP contribution in [0.2, 0.25) is 0 Å². The van der Waals surface area contributed by atoms with Crippen molar-refractivity contribution >= 4 is 18.3 Å². The number of hydrogen-bond acceptors (Lipinski definition) is 4. The standard InChI is InChI=1S/C19H28N4O/c1-7-9-18(20)19(24)22(6)15(3)13-16(4)23(21-5)17-11-8-10-14(2)12-17/h8,10-13,18H,3,5,7,9,20H2,1-2,4,6H3/b16-13+/t18-/m0/s1. The highest BCUT2D eigenvalue weighted by Crippen LogP contribution is 2.21. The Labute approximate surface area is 145 Å². The molecule has 0 aliphatic heterocycles. The van der Waals surface area contributed by atoms with E-state index in [1.54, 1.807) is 18.1 Å². The second-order valence-electron chi connectivity index (χ2n) is 5.86. The number of amides is 1. The summed E-state index contributed by atoms with van der Waals surface area (Å²) in [5, 5.41) is 5.78. The third-order valence-electron chi connectivity index (χ3n) is 3.78. The molecule has 0 bridgehead atoms. The highest BCUT2D eigenvalue weighted by Gasteiger charge is 2.18. The Morgan fingerprint density at radius 3 is 2.67 bits per heavy atom. The van der Waals surface area contributed by atoms with Crippen molar-refractivity contribution in [1.82, 2.24) is 4.90 Å². The van der Waals surface area contributed by atoms with Gasteiger partial charge in [-0.05, 0) is 44.0 Å². The van der Waals surface area contributed by atoms with E-state index in [2.05, 4.69) is 18.4 Å². The summed E-state index contributed by atoms with van der Waals surface area (Å²) in [6.45, 7) is 13.5. The highest BCUT2D eigenvalue weighted by molar-refractivity contribution is 5.83. The van der Waals surface area contributed by atoms with Gasteiger partial charge in [-0.2, -0.15) is 5.10 Å². The van der Waals surface area contributed by atoms with E-state index in [0.29, 0.717) is 12.1 Å². The Hall–Kier alpha value is -2.40. The molecule has 0 fully saturated rings. The summed E-state index contributed by atoms with van der Waals surface area (Å²) in [7, 11) is 1.68. The maximum Gasteiger partial charge on any atom is 0.243 e. The number of likely N-dealkylation sites (N-methyl/N-ethyl adjacent to an activating group) is 1. The van der Waals surface area contributed by atoms with Crippen molar-refractivity contribution < 1.29 is 4.79 Å². The van der Waals surface area contributed by atoms with Crippen LogP contribution in [0.5, 0.6) is 0 Å². The fourth-order valence-corrected chi connectivity index (χ4v) is 2.38. The minimum atomic E-state index is -0.504. The van der Waals surface area contributed by atoms with E-state index < -0.39 is 6.04 Å². The number of hydrogen-bond donors (Lipinski definition) is 1. The van der Waals surface area contributed by atoms with Crippen LogP contribution in [0.1, 0.15) is 32.3 Å². The van der Waals surface area contributed by atoms with Crippen LogP contribution in [0.25, 0.3) is 0 Å². The number of anilines is 1. The summed E-state index contributed by atoms with van der Waals surface area (Å²) in [4.78, 5) is 13.8. The van der Waals surface area contributed by atoms with Crippen LogP contribution < -0.4 is 10.7 Å². The zero-order chi connectivity index (χ0) is 18.3. The molecule has 1 aromatic rings. The number of aryl methyl sites for hydroxylation is 1. The molecule has 0 saturated carbocycles. The molecule has 0 aliphatic rings. The summed E-state index contributed by atoms with van der Waals surface area (Å²) in [5.74, 6) is -0.139. The van der Waals surface area contributed by atoms with Crippen LogP contribution in [0.3, 0.4) is 0 Å². The summed E-state index contributed by atoms with van der Waals surface area (Å²) in [6, 6.07) is 7.44. The molecule has 5 nitrogen and oxygen atoms in total. The van der Waals surface area contributed by atoms with Gasteiger partial charge in [-0.1, -0.05) is 32.1 Å². The molecular weight excluding hydrogens is 300 g/mol. The third kappa shape index (κ3) is 5.06. The summed E-state index contributed by atoms with van der Waals surface area (Å²) in [5.41, 5.74) is 9.30. The summed E-state index contributed by atoms with van der Waals surface area (Å²) < 4.78 is 0. The predicted molar refractivity (Wildman–Crippen MR) is 102 cm³/mol. The predicted octanol–water partition coefficient (Wildman–Crippen LogP) is 3.42. The smallest absolute Gasteiger partial charge is 0.243 e. The second kappa shape index (κ2) is 9.03. The molecule has 0 spiro atoms. The van der Waals surface area contributed by atoms with Crippen molar-refractivity contribution in [2.24, 2.45) is 10.8 Å². The quantitative estimate of drug-likeness (QED) is 0.452. The van der Waals surface area contributed by atoms with Gasteiger partial charge in [0.2, 0.25) is 5.91 Å². The van der Waals surface area contributed by atoms with Gasteiger partial charge in [0.05, 0.1) is 11.7 Å². The molecule has 1 rings (SSSR count). The Kier molecular flexibility index (Phi) is 7.39. The lowest BCUT2D eigenvalue weighted by atomic mass is 10.1. The van der Waals surface area contributed by atoms with Gasteiger partial charge >= 0.3 is 0 Å². The van der Waals surface area contributed by atoms with Crippen LogP contribution in [-0.2, 0) is 4.79 Å². The van der Waals surface area contributed by atoms with E-state index >= 15 is 0 Å². The maximum atomic E-state index is 12.3. The molecule has 1 amide bonds. The first-order chi connectivity index (χ1) is 11.3. The number of nitrogens with two attached hydrogens (primary N) is 1. The molecule has 130 valence electrons. The normalized spacial score (nSPS) is 12.5. The highest BCUT2D eigenvalue weighted by atomic mass is 16.2. The molecule has 24 heavy (non-hydrogen) atoms. The summed E-state index contributed by atoms with van der Waals surface area (Å²) >= 11 is 0. The molecule has 0 aromatic heterocycles. The lowest BCUT2D eigenvalue weighted by Gasteiger charge is -2.24. The molecule has 0 saturated heterocycles. The van der Waals surface area contributed by atoms with Gasteiger partial charge in [0, 0.05) is 25.2 Å². The van der Waals surface area contributed by atoms with E-state index in [-0.39, 0.29) is 5.91 Å². The average molecular weight is 328 g/mol. The molecule has 2 N–H and O–H groups in total. The first-order valence-corrected chi connectivity index (χ1v) is 8.05. The fourth-order valence-electron chi connectivity index (χ4n) is 2.38. The van der Waals surface area contributed by atoms with E-state index in [1.165, 1.54) is 4.90 Å². The molecule has 1 aromatic carbocycles. The molecule has 0 radical (unpaired) electrons. The number of carbonyl (C=O) groups excluding carboxylic acids is 1. The number of allylic oxidation sites excluding steroid dienone is 2. The van der Waals surface area contributed by atoms with Gasteiger partial charge in [0.25, 0.3) is 0 Å². The Morgan fingerprint density at radius 2 is 2.12 bits per heavy atom. The van der Waals surface area contributed by atoms with Crippen LogP contribution in [0.4, 0.5) is 5.69 Å². The first kappa shape index (κ1) is 19.6. The van der Waals surface area contributed by atoms with Gasteiger partial charge in [-0.25, -0.2) is 5.01 Å². The summed E-state index contributed by atoms with van der Waals surface area (Å²) in [6.07, 6.45) is 3.32. The minimum absolute atomic E-state index is 0.139. The van der Waals surface area contributed by atoms with Crippen LogP contribution >= 0.6 is 0 Å². The minimum Gasteiger partial charge on any atom is -0.320 e. The SMILES string of the molecule is C=NN(/C(C)=C/C(=C)N(C)C(=O)[C@@H](N)CCC)c1cccc(C)c1. The number of hydrazone groups is 1. The van der Waals surface area contributed by atoms with Crippen molar-refractivity contribution in [2.45, 2.75) is 39.7 Å².